The Bertz CT molecular complexity index is 1110. The van der Waals surface area contributed by atoms with E-state index in [2.05, 4.69) is 17.0 Å². The number of aliphatic hydroxyl groups excluding tert-OH is 3. The standard InChI is InChI=1S/C25H29NO9/c1-33-23-18(28)14(10-26-8-7-13(9-26)12-5-3-2-4-6-12)16-17(20(23)30)22-24(35-25(16)32)21(31)19(29)15(11-27)34-22/h2-6,13,15,19,21-22,24,27-31H,7-11H2,1H3/t13-,15+,19+,21-,22-,24-/m0/s1. The maximum atomic E-state index is 13.1. The Kier molecular flexibility index (Phi) is 6.32. The summed E-state index contributed by atoms with van der Waals surface area (Å²) in [5.41, 5.74) is 1.37. The van der Waals surface area contributed by atoms with Crippen molar-refractivity contribution in [3.05, 3.63) is 52.6 Å². The summed E-state index contributed by atoms with van der Waals surface area (Å²) in [6.45, 7) is 1.03. The first-order chi connectivity index (χ1) is 16.8. The molecule has 6 atom stereocenters. The lowest BCUT2D eigenvalue weighted by Gasteiger charge is -2.45. The Labute approximate surface area is 201 Å². The average Bonchev–Trinajstić information content (AvgIpc) is 3.33. The average molecular weight is 488 g/mol. The van der Waals surface area contributed by atoms with E-state index in [1.165, 1.54) is 12.7 Å². The minimum absolute atomic E-state index is 0.000827. The topological polar surface area (TPSA) is 149 Å². The molecular weight excluding hydrogens is 458 g/mol. The van der Waals surface area contributed by atoms with Crippen LogP contribution in [0.1, 0.15) is 45.5 Å². The van der Waals surface area contributed by atoms with Gasteiger partial charge in [-0.25, -0.2) is 4.79 Å². The van der Waals surface area contributed by atoms with E-state index in [0.717, 1.165) is 13.0 Å². The number of aliphatic hydroxyl groups is 3. The van der Waals surface area contributed by atoms with Gasteiger partial charge in [-0.1, -0.05) is 30.3 Å². The number of likely N-dealkylation sites (tertiary alicyclic amines) is 1. The van der Waals surface area contributed by atoms with E-state index in [0.29, 0.717) is 12.5 Å². The van der Waals surface area contributed by atoms with Crippen LogP contribution in [0.5, 0.6) is 17.2 Å². The number of ether oxygens (including phenoxy) is 3. The van der Waals surface area contributed by atoms with Crippen molar-refractivity contribution in [2.24, 2.45) is 0 Å². The highest BCUT2D eigenvalue weighted by Gasteiger charge is 2.53. The molecule has 2 saturated heterocycles. The number of carbonyl (C=O) groups is 1. The number of methoxy groups -OCH3 is 1. The van der Waals surface area contributed by atoms with Crippen LogP contribution in [0.4, 0.5) is 0 Å². The molecule has 0 aliphatic carbocycles. The van der Waals surface area contributed by atoms with E-state index in [4.69, 9.17) is 14.2 Å². The van der Waals surface area contributed by atoms with Crippen LogP contribution in [-0.2, 0) is 16.0 Å². The third-order valence-corrected chi connectivity index (χ3v) is 7.27. The van der Waals surface area contributed by atoms with Crippen molar-refractivity contribution >= 4 is 5.97 Å². The minimum atomic E-state index is -1.55. The third kappa shape index (κ3) is 3.91. The summed E-state index contributed by atoms with van der Waals surface area (Å²) in [6.07, 6.45) is -5.78. The lowest BCUT2D eigenvalue weighted by Crippen LogP contribution is -2.58. The van der Waals surface area contributed by atoms with Crippen LogP contribution in [0.15, 0.2) is 30.3 Å². The molecule has 10 heteroatoms. The summed E-state index contributed by atoms with van der Waals surface area (Å²) >= 11 is 0. The molecule has 2 fully saturated rings. The lowest BCUT2D eigenvalue weighted by atomic mass is 9.84. The molecular formula is C25H29NO9. The van der Waals surface area contributed by atoms with Crippen molar-refractivity contribution < 1.29 is 44.5 Å². The number of aromatic hydroxyl groups is 2. The molecule has 0 amide bonds. The van der Waals surface area contributed by atoms with Gasteiger partial charge in [-0.05, 0) is 24.4 Å². The number of esters is 1. The highest BCUT2D eigenvalue weighted by atomic mass is 16.6. The summed E-state index contributed by atoms with van der Waals surface area (Å²) in [4.78, 5) is 15.2. The first kappa shape index (κ1) is 23.8. The van der Waals surface area contributed by atoms with Crippen molar-refractivity contribution in [1.29, 1.82) is 0 Å². The second kappa shape index (κ2) is 9.29. The van der Waals surface area contributed by atoms with E-state index in [-0.39, 0.29) is 34.7 Å². The van der Waals surface area contributed by atoms with Crippen LogP contribution in [0.3, 0.4) is 0 Å². The second-order valence-electron chi connectivity index (χ2n) is 9.26. The largest absolute Gasteiger partial charge is 0.504 e. The summed E-state index contributed by atoms with van der Waals surface area (Å²) in [6, 6.07) is 10.1. The number of hydrogen-bond donors (Lipinski definition) is 5. The Balaban J connectivity index is 1.54. The van der Waals surface area contributed by atoms with E-state index in [1.54, 1.807) is 0 Å². The molecule has 5 N–H and O–H groups in total. The van der Waals surface area contributed by atoms with Crippen LogP contribution >= 0.6 is 0 Å². The van der Waals surface area contributed by atoms with Crippen molar-refractivity contribution in [3.63, 3.8) is 0 Å². The van der Waals surface area contributed by atoms with Gasteiger partial charge in [0.1, 0.15) is 24.4 Å². The molecule has 3 aliphatic rings. The fourth-order valence-corrected chi connectivity index (χ4v) is 5.46. The van der Waals surface area contributed by atoms with Crippen LogP contribution < -0.4 is 4.74 Å². The number of fused-ring (bicyclic) bond motifs is 3. The zero-order valence-electron chi connectivity index (χ0n) is 19.2. The van der Waals surface area contributed by atoms with Crippen molar-refractivity contribution in [2.45, 2.75) is 49.4 Å². The fourth-order valence-electron chi connectivity index (χ4n) is 5.46. The van der Waals surface area contributed by atoms with Crippen LogP contribution in [0, 0.1) is 0 Å². The van der Waals surface area contributed by atoms with Gasteiger partial charge < -0.3 is 39.7 Å². The van der Waals surface area contributed by atoms with Gasteiger partial charge in [-0.3, -0.25) is 4.90 Å². The monoisotopic (exact) mass is 487 g/mol. The molecule has 35 heavy (non-hydrogen) atoms. The highest BCUT2D eigenvalue weighted by molar-refractivity contribution is 5.97. The molecule has 2 aromatic carbocycles. The van der Waals surface area contributed by atoms with Gasteiger partial charge in [-0.2, -0.15) is 0 Å². The quantitative estimate of drug-likeness (QED) is 0.383. The van der Waals surface area contributed by atoms with Gasteiger partial charge in [0.2, 0.25) is 5.75 Å². The molecule has 0 unspecified atom stereocenters. The molecule has 10 nitrogen and oxygen atoms in total. The van der Waals surface area contributed by atoms with Gasteiger partial charge >= 0.3 is 5.97 Å². The molecule has 188 valence electrons. The van der Waals surface area contributed by atoms with Crippen LogP contribution in [0.25, 0.3) is 0 Å². The summed E-state index contributed by atoms with van der Waals surface area (Å²) in [5.74, 6) is -1.68. The van der Waals surface area contributed by atoms with Gasteiger partial charge in [0, 0.05) is 24.2 Å². The Morgan fingerprint density at radius 3 is 2.54 bits per heavy atom. The summed E-state index contributed by atoms with van der Waals surface area (Å²) in [7, 11) is 1.28. The Hall–Kier alpha value is -2.89. The maximum Gasteiger partial charge on any atom is 0.339 e. The van der Waals surface area contributed by atoms with Gasteiger partial charge in [-0.15, -0.1) is 0 Å². The van der Waals surface area contributed by atoms with Crippen LogP contribution in [0.2, 0.25) is 0 Å². The van der Waals surface area contributed by atoms with Gasteiger partial charge in [0.05, 0.1) is 19.3 Å². The Morgan fingerprint density at radius 1 is 1.11 bits per heavy atom. The molecule has 2 aromatic rings. The van der Waals surface area contributed by atoms with Crippen molar-refractivity contribution in [1.82, 2.24) is 4.90 Å². The molecule has 3 aliphatic heterocycles. The van der Waals surface area contributed by atoms with E-state index in [9.17, 15) is 30.3 Å². The second-order valence-corrected chi connectivity index (χ2v) is 9.26. The number of benzene rings is 2. The molecule has 3 heterocycles. The van der Waals surface area contributed by atoms with Crippen molar-refractivity contribution in [3.8, 4) is 17.2 Å². The third-order valence-electron chi connectivity index (χ3n) is 7.27. The first-order valence-electron chi connectivity index (χ1n) is 11.6. The van der Waals surface area contributed by atoms with E-state index >= 15 is 0 Å². The first-order valence-corrected chi connectivity index (χ1v) is 11.6. The number of nitrogens with zero attached hydrogens (tertiary/aromatic N) is 1. The maximum absolute atomic E-state index is 13.1. The molecule has 5 rings (SSSR count). The minimum Gasteiger partial charge on any atom is -0.504 e. The number of hydrogen-bond acceptors (Lipinski definition) is 10. The highest BCUT2D eigenvalue weighted by Crippen LogP contribution is 2.52. The molecule has 0 aromatic heterocycles. The van der Waals surface area contributed by atoms with E-state index < -0.39 is 48.8 Å². The summed E-state index contributed by atoms with van der Waals surface area (Å²) in [5, 5.41) is 52.3. The molecule has 0 spiro atoms. The van der Waals surface area contributed by atoms with Gasteiger partial charge in [0.25, 0.3) is 0 Å². The molecule has 0 bridgehead atoms. The predicted octanol–water partition coefficient (Wildman–Crippen LogP) is 0.789. The predicted molar refractivity (Wildman–Crippen MR) is 121 cm³/mol. The number of carbonyl (C=O) groups excluding carboxylic acids is 1. The smallest absolute Gasteiger partial charge is 0.339 e. The lowest BCUT2D eigenvalue weighted by molar-refractivity contribution is -0.235. The van der Waals surface area contributed by atoms with Crippen molar-refractivity contribution in [2.75, 3.05) is 26.8 Å². The zero-order chi connectivity index (χ0) is 24.9. The molecule has 0 radical (unpaired) electrons. The number of rotatable bonds is 5. The number of phenols is 2. The Morgan fingerprint density at radius 2 is 1.86 bits per heavy atom. The number of phenolic OH excluding ortho intramolecular Hbond substituents is 2. The SMILES string of the molecule is COc1c(O)c(CN2CC[C@H](c3ccccc3)C2)c2c(c1O)[C@@H]1O[C@H](CO)[C@@H](O)[C@H](O)[C@@H]1OC2=O. The van der Waals surface area contributed by atoms with Gasteiger partial charge in [0.15, 0.2) is 17.6 Å². The fraction of sp³-hybridized carbons (Fsp3) is 0.480. The van der Waals surface area contributed by atoms with Crippen LogP contribution in [-0.4, -0.2) is 87.6 Å². The van der Waals surface area contributed by atoms with E-state index in [1.807, 2.05) is 18.2 Å². The normalized spacial score (nSPS) is 30.5. The summed E-state index contributed by atoms with van der Waals surface area (Å²) < 4.78 is 16.5. The molecule has 0 saturated carbocycles. The zero-order valence-corrected chi connectivity index (χ0v) is 19.2.